The summed E-state index contributed by atoms with van der Waals surface area (Å²) in [4.78, 5) is 44.4. The van der Waals surface area contributed by atoms with E-state index in [2.05, 4.69) is 22.7 Å². The first-order valence-corrected chi connectivity index (χ1v) is 8.78. The molecule has 0 bridgehead atoms. The van der Waals surface area contributed by atoms with Gasteiger partial charge in [-0.1, -0.05) is 6.58 Å². The SMILES string of the molecule is C=C(CC(=O)Nc1ccc(OC)cc1)NNC(=O)Cc1ccc([N+](=O)[O-])cc1[N+](=O)[O-]. The number of ether oxygens (including phenoxy) is 1. The van der Waals surface area contributed by atoms with Gasteiger partial charge in [0.15, 0.2) is 0 Å². The number of anilines is 1. The molecule has 162 valence electrons. The molecule has 0 fully saturated rings. The van der Waals surface area contributed by atoms with Crippen molar-refractivity contribution in [1.29, 1.82) is 0 Å². The lowest BCUT2D eigenvalue weighted by molar-refractivity contribution is -0.394. The Morgan fingerprint density at radius 1 is 1.00 bits per heavy atom. The molecule has 0 aliphatic carbocycles. The van der Waals surface area contributed by atoms with E-state index in [1.54, 1.807) is 24.3 Å². The van der Waals surface area contributed by atoms with Gasteiger partial charge in [-0.2, -0.15) is 0 Å². The van der Waals surface area contributed by atoms with Crippen molar-refractivity contribution in [2.24, 2.45) is 0 Å². The first-order chi connectivity index (χ1) is 14.7. The predicted octanol–water partition coefficient (Wildman–Crippen LogP) is 2.22. The molecule has 3 N–H and O–H groups in total. The second-order valence-corrected chi connectivity index (χ2v) is 6.23. The Balaban J connectivity index is 1.86. The van der Waals surface area contributed by atoms with E-state index in [0.29, 0.717) is 11.4 Å². The molecule has 12 heteroatoms. The Morgan fingerprint density at radius 3 is 2.26 bits per heavy atom. The molecule has 2 aromatic carbocycles. The highest BCUT2D eigenvalue weighted by molar-refractivity contribution is 5.92. The smallest absolute Gasteiger partial charge is 0.279 e. The van der Waals surface area contributed by atoms with Gasteiger partial charge in [-0.05, 0) is 30.3 Å². The number of methoxy groups -OCH3 is 1. The molecule has 0 atom stereocenters. The van der Waals surface area contributed by atoms with Crippen LogP contribution in [0.3, 0.4) is 0 Å². The summed E-state index contributed by atoms with van der Waals surface area (Å²) < 4.78 is 5.03. The Bertz CT molecular complexity index is 1020. The lowest BCUT2D eigenvalue weighted by atomic mass is 10.1. The maximum Gasteiger partial charge on any atom is 0.279 e. The largest absolute Gasteiger partial charge is 0.497 e. The molecule has 0 spiro atoms. The van der Waals surface area contributed by atoms with Gasteiger partial charge < -0.3 is 15.5 Å². The highest BCUT2D eigenvalue weighted by Gasteiger charge is 2.21. The van der Waals surface area contributed by atoms with Crippen molar-refractivity contribution in [3.8, 4) is 5.75 Å². The van der Waals surface area contributed by atoms with Crippen LogP contribution in [0.1, 0.15) is 12.0 Å². The molecule has 0 radical (unpaired) electrons. The molecule has 0 unspecified atom stereocenters. The number of benzene rings is 2. The van der Waals surface area contributed by atoms with E-state index in [1.807, 2.05) is 0 Å². The van der Waals surface area contributed by atoms with Gasteiger partial charge in [0.1, 0.15) is 5.75 Å². The second-order valence-electron chi connectivity index (χ2n) is 6.23. The molecule has 2 rings (SSSR count). The standard InChI is InChI=1S/C19H19N5O7/c1-12(9-18(25)20-14-4-7-16(31-2)8-5-14)21-22-19(26)10-13-3-6-15(23(27)28)11-17(13)24(29)30/h3-8,11,21H,1,9-10H2,2H3,(H,20,25)(H,22,26). The number of carbonyl (C=O) groups is 2. The second kappa shape index (κ2) is 10.3. The Morgan fingerprint density at radius 2 is 1.68 bits per heavy atom. The minimum atomic E-state index is -0.800. The van der Waals surface area contributed by atoms with Crippen LogP contribution in [-0.4, -0.2) is 28.8 Å². The minimum Gasteiger partial charge on any atom is -0.497 e. The maximum atomic E-state index is 12.1. The zero-order chi connectivity index (χ0) is 23.0. The van der Waals surface area contributed by atoms with E-state index in [1.165, 1.54) is 7.11 Å². The summed E-state index contributed by atoms with van der Waals surface area (Å²) >= 11 is 0. The molecule has 2 aromatic rings. The third kappa shape index (κ3) is 6.81. The van der Waals surface area contributed by atoms with Gasteiger partial charge >= 0.3 is 0 Å². The summed E-state index contributed by atoms with van der Waals surface area (Å²) in [6, 6.07) is 9.69. The van der Waals surface area contributed by atoms with Crippen molar-refractivity contribution in [3.63, 3.8) is 0 Å². The third-order valence-electron chi connectivity index (χ3n) is 3.95. The van der Waals surface area contributed by atoms with Crippen LogP contribution in [0.4, 0.5) is 17.1 Å². The fourth-order valence-corrected chi connectivity index (χ4v) is 2.48. The quantitative estimate of drug-likeness (QED) is 0.382. The summed E-state index contributed by atoms with van der Waals surface area (Å²) in [7, 11) is 1.53. The molecule has 0 aromatic heterocycles. The van der Waals surface area contributed by atoms with Crippen molar-refractivity contribution >= 4 is 28.9 Å². The molecule has 2 amide bonds. The van der Waals surface area contributed by atoms with Crippen LogP contribution < -0.4 is 20.9 Å². The first-order valence-electron chi connectivity index (χ1n) is 8.78. The van der Waals surface area contributed by atoms with Crippen LogP contribution in [0.5, 0.6) is 5.75 Å². The fourth-order valence-electron chi connectivity index (χ4n) is 2.48. The van der Waals surface area contributed by atoms with Gasteiger partial charge in [-0.15, -0.1) is 0 Å². The highest BCUT2D eigenvalue weighted by atomic mass is 16.6. The number of amides is 2. The van der Waals surface area contributed by atoms with E-state index >= 15 is 0 Å². The van der Waals surface area contributed by atoms with Crippen molar-refractivity contribution in [1.82, 2.24) is 10.9 Å². The topological polar surface area (TPSA) is 166 Å². The number of hydrogen-bond acceptors (Lipinski definition) is 8. The first kappa shape index (κ1) is 22.8. The van der Waals surface area contributed by atoms with Crippen LogP contribution in [0.2, 0.25) is 0 Å². The number of nitrogens with zero attached hydrogens (tertiary/aromatic N) is 2. The monoisotopic (exact) mass is 429 g/mol. The van der Waals surface area contributed by atoms with Crippen molar-refractivity contribution in [3.05, 3.63) is 80.5 Å². The number of hydrazine groups is 1. The fraction of sp³-hybridized carbons (Fsp3) is 0.158. The summed E-state index contributed by atoms with van der Waals surface area (Å²) in [5, 5.41) is 24.5. The minimum absolute atomic E-state index is 0.00207. The number of hydrogen-bond donors (Lipinski definition) is 3. The molecular weight excluding hydrogens is 410 g/mol. The Hall–Kier alpha value is -4.48. The molecule has 0 aliphatic rings. The Labute approximate surface area is 176 Å². The average Bonchev–Trinajstić information content (AvgIpc) is 2.72. The summed E-state index contributed by atoms with van der Waals surface area (Å²) in [6.45, 7) is 3.63. The zero-order valence-electron chi connectivity index (χ0n) is 16.4. The van der Waals surface area contributed by atoms with E-state index in [-0.39, 0.29) is 23.6 Å². The van der Waals surface area contributed by atoms with E-state index in [4.69, 9.17) is 4.74 Å². The summed E-state index contributed by atoms with van der Waals surface area (Å²) in [6.07, 6.45) is -0.559. The van der Waals surface area contributed by atoms with Gasteiger partial charge in [-0.3, -0.25) is 35.2 Å². The molecule has 12 nitrogen and oxygen atoms in total. The lowest BCUT2D eigenvalue weighted by Crippen LogP contribution is -2.38. The van der Waals surface area contributed by atoms with Crippen molar-refractivity contribution in [2.45, 2.75) is 12.8 Å². The molecule has 0 aliphatic heterocycles. The van der Waals surface area contributed by atoms with E-state index < -0.39 is 33.5 Å². The number of nitro groups is 2. The molecule has 0 saturated carbocycles. The van der Waals surface area contributed by atoms with Gasteiger partial charge in [0.2, 0.25) is 11.8 Å². The maximum absolute atomic E-state index is 12.1. The highest BCUT2D eigenvalue weighted by Crippen LogP contribution is 2.25. The Kier molecular flexibility index (Phi) is 7.61. The van der Waals surface area contributed by atoms with Crippen LogP contribution in [0.25, 0.3) is 0 Å². The molecule has 31 heavy (non-hydrogen) atoms. The lowest BCUT2D eigenvalue weighted by Gasteiger charge is -2.12. The molecular formula is C19H19N5O7. The number of rotatable bonds is 10. The molecule has 0 heterocycles. The number of nitro benzene ring substituents is 2. The third-order valence-corrected chi connectivity index (χ3v) is 3.95. The van der Waals surface area contributed by atoms with Gasteiger partial charge in [-0.25, -0.2) is 0 Å². The van der Waals surface area contributed by atoms with Crippen LogP contribution in [0.15, 0.2) is 54.7 Å². The average molecular weight is 429 g/mol. The van der Waals surface area contributed by atoms with E-state index in [0.717, 1.165) is 18.2 Å². The van der Waals surface area contributed by atoms with Gasteiger partial charge in [0.05, 0.1) is 35.9 Å². The summed E-state index contributed by atoms with van der Waals surface area (Å²) in [5.41, 5.74) is 4.47. The summed E-state index contributed by atoms with van der Waals surface area (Å²) in [5.74, 6) is -0.406. The number of nitrogens with one attached hydrogen (secondary N) is 3. The van der Waals surface area contributed by atoms with E-state index in [9.17, 15) is 29.8 Å². The van der Waals surface area contributed by atoms with Gasteiger partial charge in [0, 0.05) is 23.0 Å². The number of carbonyl (C=O) groups excluding carboxylic acids is 2. The van der Waals surface area contributed by atoms with Crippen LogP contribution in [-0.2, 0) is 16.0 Å². The normalized spacial score (nSPS) is 9.97. The predicted molar refractivity (Wildman–Crippen MR) is 110 cm³/mol. The van der Waals surface area contributed by atoms with Crippen LogP contribution >= 0.6 is 0 Å². The number of non-ortho nitro benzene ring substituents is 1. The van der Waals surface area contributed by atoms with Crippen molar-refractivity contribution in [2.75, 3.05) is 12.4 Å². The van der Waals surface area contributed by atoms with Gasteiger partial charge in [0.25, 0.3) is 11.4 Å². The van der Waals surface area contributed by atoms with Crippen LogP contribution in [0, 0.1) is 20.2 Å². The van der Waals surface area contributed by atoms with Crippen molar-refractivity contribution < 1.29 is 24.2 Å². The zero-order valence-corrected chi connectivity index (χ0v) is 16.4. The molecule has 0 saturated heterocycles.